The summed E-state index contributed by atoms with van der Waals surface area (Å²) < 4.78 is 5.32. The molecule has 1 aliphatic heterocycles. The van der Waals surface area contributed by atoms with E-state index in [1.54, 1.807) is 0 Å². The fourth-order valence-electron chi connectivity index (χ4n) is 1.95. The molecule has 0 aliphatic carbocycles. The van der Waals surface area contributed by atoms with Crippen LogP contribution in [0, 0.1) is 5.41 Å². The van der Waals surface area contributed by atoms with E-state index in [4.69, 9.17) is 10.5 Å². The number of hydrogen-bond donors (Lipinski definition) is 1. The van der Waals surface area contributed by atoms with Crippen LogP contribution in [0.3, 0.4) is 0 Å². The van der Waals surface area contributed by atoms with Gasteiger partial charge in [0.2, 0.25) is 5.91 Å². The summed E-state index contributed by atoms with van der Waals surface area (Å²) in [5.74, 6) is 0.122. The van der Waals surface area contributed by atoms with E-state index < -0.39 is 11.0 Å². The third-order valence-electron chi connectivity index (χ3n) is 4.20. The molecule has 0 aromatic heterocycles. The minimum absolute atomic E-state index is 0.122. The number of amides is 1. The van der Waals surface area contributed by atoms with Crippen LogP contribution in [0.2, 0.25) is 0 Å². The third-order valence-corrected chi connectivity index (χ3v) is 4.20. The first-order valence-corrected chi connectivity index (χ1v) is 6.32. The van der Waals surface area contributed by atoms with Gasteiger partial charge in [0.25, 0.3) is 0 Å². The molecule has 0 unspecified atom stereocenters. The Morgan fingerprint density at radius 1 is 1.24 bits per heavy atom. The predicted molar refractivity (Wildman–Crippen MR) is 68.7 cm³/mol. The van der Waals surface area contributed by atoms with Crippen molar-refractivity contribution in [3.8, 4) is 0 Å². The van der Waals surface area contributed by atoms with Crippen molar-refractivity contribution in [3.05, 3.63) is 0 Å². The predicted octanol–water partition coefficient (Wildman–Crippen LogP) is 1.39. The van der Waals surface area contributed by atoms with E-state index in [2.05, 4.69) is 0 Å². The van der Waals surface area contributed by atoms with Crippen molar-refractivity contribution >= 4 is 5.91 Å². The van der Waals surface area contributed by atoms with Crippen LogP contribution >= 0.6 is 0 Å². The molecule has 0 saturated carbocycles. The maximum Gasteiger partial charge on any atom is 0.230 e. The van der Waals surface area contributed by atoms with Crippen LogP contribution in [0.25, 0.3) is 0 Å². The zero-order valence-corrected chi connectivity index (χ0v) is 11.7. The van der Waals surface area contributed by atoms with Crippen LogP contribution in [-0.2, 0) is 9.53 Å². The molecule has 0 aromatic rings. The molecule has 0 radical (unpaired) electrons. The first-order chi connectivity index (χ1) is 7.68. The number of hydrogen-bond acceptors (Lipinski definition) is 3. The lowest BCUT2D eigenvalue weighted by atomic mass is 9.74. The zero-order valence-electron chi connectivity index (χ0n) is 11.7. The Morgan fingerprint density at radius 3 is 2.12 bits per heavy atom. The molecule has 1 saturated heterocycles. The lowest BCUT2D eigenvalue weighted by molar-refractivity contribution is -0.146. The Balaban J connectivity index is 2.74. The van der Waals surface area contributed by atoms with Crippen LogP contribution in [0.5, 0.6) is 0 Å². The van der Waals surface area contributed by atoms with Gasteiger partial charge in [0.1, 0.15) is 0 Å². The number of carbonyl (C=O) groups excluding carboxylic acids is 1. The van der Waals surface area contributed by atoms with E-state index in [0.717, 1.165) is 26.1 Å². The van der Waals surface area contributed by atoms with Gasteiger partial charge < -0.3 is 15.4 Å². The Bertz CT molecular complexity index is 276. The Labute approximate surface area is 104 Å². The van der Waals surface area contributed by atoms with Crippen molar-refractivity contribution in [2.75, 3.05) is 20.3 Å². The Morgan fingerprint density at radius 2 is 1.71 bits per heavy atom. The molecule has 0 aromatic carbocycles. The molecular weight excluding hydrogens is 216 g/mol. The van der Waals surface area contributed by atoms with Gasteiger partial charge in [-0.2, -0.15) is 0 Å². The fraction of sp³-hybridized carbons (Fsp3) is 0.923. The summed E-state index contributed by atoms with van der Waals surface area (Å²) in [6.07, 6.45) is 1.84. The average molecular weight is 242 g/mol. The number of nitrogens with zero attached hydrogens (tertiary/aromatic N) is 1. The minimum atomic E-state index is -0.556. The van der Waals surface area contributed by atoms with E-state index in [0.29, 0.717) is 0 Å². The maximum atomic E-state index is 12.5. The van der Waals surface area contributed by atoms with Crippen molar-refractivity contribution in [2.24, 2.45) is 11.1 Å². The van der Waals surface area contributed by atoms with Gasteiger partial charge in [-0.05, 0) is 40.5 Å². The summed E-state index contributed by atoms with van der Waals surface area (Å²) in [5.41, 5.74) is 5.03. The summed E-state index contributed by atoms with van der Waals surface area (Å²) in [4.78, 5) is 14.4. The minimum Gasteiger partial charge on any atom is -0.381 e. The van der Waals surface area contributed by atoms with Crippen LogP contribution in [0.1, 0.15) is 40.5 Å². The van der Waals surface area contributed by atoms with Gasteiger partial charge in [-0.25, -0.2) is 0 Å². The highest BCUT2D eigenvalue weighted by molar-refractivity contribution is 5.83. The van der Waals surface area contributed by atoms with Gasteiger partial charge in [0.15, 0.2) is 0 Å². The molecule has 0 spiro atoms. The molecular formula is C13H26N2O2. The second-order valence-electron chi connectivity index (χ2n) is 6.11. The van der Waals surface area contributed by atoms with Gasteiger partial charge in [0, 0.05) is 31.8 Å². The monoisotopic (exact) mass is 242 g/mol. The van der Waals surface area contributed by atoms with Crippen LogP contribution in [0.4, 0.5) is 0 Å². The molecule has 1 aliphatic rings. The third kappa shape index (κ3) is 2.99. The van der Waals surface area contributed by atoms with Crippen LogP contribution in [0.15, 0.2) is 0 Å². The van der Waals surface area contributed by atoms with E-state index >= 15 is 0 Å². The molecule has 4 nitrogen and oxygen atoms in total. The summed E-state index contributed by atoms with van der Waals surface area (Å²) in [6, 6.07) is 0.290. The van der Waals surface area contributed by atoms with Gasteiger partial charge in [-0.3, -0.25) is 4.79 Å². The molecule has 1 rings (SSSR count). The molecule has 0 atom stereocenters. The quantitative estimate of drug-likeness (QED) is 0.813. The molecule has 1 fully saturated rings. The summed E-state index contributed by atoms with van der Waals surface area (Å²) in [5, 5.41) is 0. The van der Waals surface area contributed by atoms with Gasteiger partial charge in [-0.15, -0.1) is 0 Å². The maximum absolute atomic E-state index is 12.5. The second-order valence-corrected chi connectivity index (χ2v) is 6.11. The normalized spacial score (nSPS) is 19.2. The van der Waals surface area contributed by atoms with E-state index in [1.807, 2.05) is 39.6 Å². The largest absolute Gasteiger partial charge is 0.381 e. The van der Waals surface area contributed by atoms with Gasteiger partial charge >= 0.3 is 0 Å². The lowest BCUT2D eigenvalue weighted by Gasteiger charge is -2.42. The van der Waals surface area contributed by atoms with E-state index in [9.17, 15) is 4.79 Å². The SMILES string of the molecule is CN(C(=O)C(C)(C)C(C)(C)N)C1CCOCC1. The summed E-state index contributed by atoms with van der Waals surface area (Å²) >= 11 is 0. The van der Waals surface area contributed by atoms with Crippen molar-refractivity contribution in [2.45, 2.75) is 52.1 Å². The van der Waals surface area contributed by atoms with Gasteiger partial charge in [-0.1, -0.05) is 0 Å². The van der Waals surface area contributed by atoms with Crippen molar-refractivity contribution < 1.29 is 9.53 Å². The fourth-order valence-corrected chi connectivity index (χ4v) is 1.95. The molecule has 1 amide bonds. The smallest absolute Gasteiger partial charge is 0.230 e. The molecule has 0 bridgehead atoms. The Kier molecular flexibility index (Phi) is 4.20. The molecule has 2 N–H and O–H groups in total. The molecule has 100 valence electrons. The number of nitrogens with two attached hydrogens (primary N) is 1. The highest BCUT2D eigenvalue weighted by atomic mass is 16.5. The van der Waals surface area contributed by atoms with E-state index in [-0.39, 0.29) is 11.9 Å². The summed E-state index contributed by atoms with van der Waals surface area (Å²) in [6.45, 7) is 9.14. The van der Waals surface area contributed by atoms with Crippen LogP contribution < -0.4 is 5.73 Å². The van der Waals surface area contributed by atoms with Gasteiger partial charge in [0.05, 0.1) is 5.41 Å². The second kappa shape index (κ2) is 4.94. The summed E-state index contributed by atoms with van der Waals surface area (Å²) in [7, 11) is 1.88. The van der Waals surface area contributed by atoms with E-state index in [1.165, 1.54) is 0 Å². The molecule has 4 heteroatoms. The number of rotatable bonds is 3. The lowest BCUT2D eigenvalue weighted by Crippen LogP contribution is -2.57. The first kappa shape index (κ1) is 14.5. The van der Waals surface area contributed by atoms with Crippen molar-refractivity contribution in [3.63, 3.8) is 0 Å². The Hall–Kier alpha value is -0.610. The number of carbonyl (C=O) groups is 1. The van der Waals surface area contributed by atoms with Crippen molar-refractivity contribution in [1.29, 1.82) is 0 Å². The highest BCUT2D eigenvalue weighted by Gasteiger charge is 2.43. The average Bonchev–Trinajstić information content (AvgIpc) is 2.26. The molecule has 17 heavy (non-hydrogen) atoms. The first-order valence-electron chi connectivity index (χ1n) is 6.32. The highest BCUT2D eigenvalue weighted by Crippen LogP contribution is 2.31. The van der Waals surface area contributed by atoms with Crippen molar-refractivity contribution in [1.82, 2.24) is 4.90 Å². The standard InChI is InChI=1S/C13H26N2O2/c1-12(2,13(3,4)14)11(16)15(5)10-6-8-17-9-7-10/h10H,6-9,14H2,1-5H3. The molecule has 1 heterocycles. The van der Waals surface area contributed by atoms with Crippen LogP contribution in [-0.4, -0.2) is 42.6 Å². The topological polar surface area (TPSA) is 55.6 Å². The number of ether oxygens (including phenoxy) is 1. The zero-order chi connectivity index (χ0) is 13.3.